The molecule has 0 heterocycles. The molecule has 0 radical (unpaired) electrons. The van der Waals surface area contributed by atoms with Crippen LogP contribution in [0.2, 0.25) is 0 Å². The number of sulfonamides is 1. The van der Waals surface area contributed by atoms with Gasteiger partial charge in [-0.25, -0.2) is 8.42 Å². The summed E-state index contributed by atoms with van der Waals surface area (Å²) >= 11 is 3.44. The van der Waals surface area contributed by atoms with Crippen LogP contribution in [0.4, 0.5) is 5.69 Å². The van der Waals surface area contributed by atoms with E-state index in [0.29, 0.717) is 5.75 Å². The lowest BCUT2D eigenvalue weighted by Crippen LogP contribution is -2.53. The summed E-state index contributed by atoms with van der Waals surface area (Å²) in [6.07, 6.45) is 5.05. The Hall–Kier alpha value is -3.57. The number of hydrogen-bond acceptors (Lipinski definition) is 6. The standard InChI is InChI=1S/C33H40BrN3O6S/c1-23-10-17-29(18-11-23)44(40,41)37(30-20-28(42-3)16-19-31(30)43-4)22-32(38)36(21-25-12-14-26(34)15-13-25)24(2)33(39)35-27-8-6-5-7-9-27/h10-20,24,27H,5-9,21-22H2,1-4H3,(H,35,39)/t24-/m1/s1. The minimum Gasteiger partial charge on any atom is -0.497 e. The molecule has 0 bridgehead atoms. The fourth-order valence-corrected chi connectivity index (χ4v) is 6.96. The second kappa shape index (κ2) is 14.9. The van der Waals surface area contributed by atoms with Crippen molar-refractivity contribution in [2.45, 2.75) is 69.5 Å². The van der Waals surface area contributed by atoms with E-state index in [-0.39, 0.29) is 34.8 Å². The third kappa shape index (κ3) is 8.12. The van der Waals surface area contributed by atoms with Crippen LogP contribution in [-0.2, 0) is 26.2 Å². The van der Waals surface area contributed by atoms with Gasteiger partial charge in [0, 0.05) is 23.1 Å². The summed E-state index contributed by atoms with van der Waals surface area (Å²) < 4.78 is 41.3. The SMILES string of the molecule is COc1ccc(OC)c(N(CC(=O)N(Cc2ccc(Br)cc2)[C@H](C)C(=O)NC2CCCCC2)S(=O)(=O)c2ccc(C)cc2)c1. The number of aryl methyl sites for hydroxylation is 1. The number of carbonyl (C=O) groups excluding carboxylic acids is 2. The third-order valence-electron chi connectivity index (χ3n) is 7.93. The molecule has 1 aliphatic rings. The first-order valence-corrected chi connectivity index (χ1v) is 16.9. The predicted molar refractivity (Wildman–Crippen MR) is 174 cm³/mol. The van der Waals surface area contributed by atoms with Crippen molar-refractivity contribution < 1.29 is 27.5 Å². The van der Waals surface area contributed by atoms with Gasteiger partial charge < -0.3 is 19.7 Å². The fourth-order valence-electron chi connectivity index (χ4n) is 5.28. The van der Waals surface area contributed by atoms with Crippen molar-refractivity contribution in [3.8, 4) is 11.5 Å². The van der Waals surface area contributed by atoms with Crippen molar-refractivity contribution >= 4 is 43.5 Å². The molecule has 0 unspecified atom stereocenters. The maximum Gasteiger partial charge on any atom is 0.264 e. The number of rotatable bonds is 12. The van der Waals surface area contributed by atoms with Gasteiger partial charge in [-0.2, -0.15) is 0 Å². The Labute approximate surface area is 268 Å². The lowest BCUT2D eigenvalue weighted by Gasteiger charge is -2.33. The molecule has 11 heteroatoms. The van der Waals surface area contributed by atoms with Gasteiger partial charge in [0.25, 0.3) is 10.0 Å². The first-order valence-electron chi connectivity index (χ1n) is 14.7. The van der Waals surface area contributed by atoms with E-state index in [1.54, 1.807) is 31.2 Å². The van der Waals surface area contributed by atoms with Crippen LogP contribution >= 0.6 is 15.9 Å². The highest BCUT2D eigenvalue weighted by Gasteiger charge is 2.34. The Morgan fingerprint density at radius 2 is 1.61 bits per heavy atom. The molecule has 4 rings (SSSR count). The molecule has 3 aromatic carbocycles. The first-order chi connectivity index (χ1) is 21.0. The second-order valence-corrected chi connectivity index (χ2v) is 13.8. The number of anilines is 1. The number of nitrogens with one attached hydrogen (secondary N) is 1. The summed E-state index contributed by atoms with van der Waals surface area (Å²) in [5.41, 5.74) is 1.83. The summed E-state index contributed by atoms with van der Waals surface area (Å²) in [6.45, 7) is 3.08. The predicted octanol–water partition coefficient (Wildman–Crippen LogP) is 5.84. The molecule has 44 heavy (non-hydrogen) atoms. The highest BCUT2D eigenvalue weighted by Crippen LogP contribution is 2.36. The van der Waals surface area contributed by atoms with Gasteiger partial charge >= 0.3 is 0 Å². The molecule has 1 aliphatic carbocycles. The zero-order valence-electron chi connectivity index (χ0n) is 25.6. The van der Waals surface area contributed by atoms with Crippen molar-refractivity contribution in [1.82, 2.24) is 10.2 Å². The Balaban J connectivity index is 1.74. The molecule has 3 aromatic rings. The Morgan fingerprint density at radius 1 is 0.955 bits per heavy atom. The van der Waals surface area contributed by atoms with E-state index in [9.17, 15) is 18.0 Å². The quantitative estimate of drug-likeness (QED) is 0.257. The maximum absolute atomic E-state index is 14.3. The summed E-state index contributed by atoms with van der Waals surface area (Å²) in [6, 6.07) is 17.8. The van der Waals surface area contributed by atoms with E-state index in [1.165, 1.54) is 37.3 Å². The number of halogens is 1. The topological polar surface area (TPSA) is 105 Å². The average molecular weight is 687 g/mol. The minimum atomic E-state index is -4.26. The van der Waals surface area contributed by atoms with Crippen molar-refractivity contribution in [2.24, 2.45) is 0 Å². The maximum atomic E-state index is 14.3. The second-order valence-electron chi connectivity index (χ2n) is 11.0. The molecular weight excluding hydrogens is 646 g/mol. The molecule has 0 saturated heterocycles. The van der Waals surface area contributed by atoms with Gasteiger partial charge in [0.2, 0.25) is 11.8 Å². The number of benzene rings is 3. The monoisotopic (exact) mass is 685 g/mol. The van der Waals surface area contributed by atoms with Crippen LogP contribution in [0.3, 0.4) is 0 Å². The zero-order chi connectivity index (χ0) is 31.9. The zero-order valence-corrected chi connectivity index (χ0v) is 28.0. The highest BCUT2D eigenvalue weighted by atomic mass is 79.9. The van der Waals surface area contributed by atoms with Gasteiger partial charge in [0.1, 0.15) is 24.1 Å². The Kier molecular flexibility index (Phi) is 11.3. The van der Waals surface area contributed by atoms with Crippen LogP contribution in [0.1, 0.15) is 50.2 Å². The van der Waals surface area contributed by atoms with Crippen LogP contribution in [0.5, 0.6) is 11.5 Å². The number of amides is 2. The molecule has 0 spiro atoms. The smallest absolute Gasteiger partial charge is 0.264 e. The lowest BCUT2D eigenvalue weighted by molar-refractivity contribution is -0.139. The van der Waals surface area contributed by atoms with Gasteiger partial charge in [-0.3, -0.25) is 13.9 Å². The normalized spacial score (nSPS) is 14.4. The van der Waals surface area contributed by atoms with Gasteiger partial charge in [-0.05, 0) is 68.7 Å². The Morgan fingerprint density at radius 3 is 2.23 bits per heavy atom. The number of methoxy groups -OCH3 is 2. The van der Waals surface area contributed by atoms with Crippen molar-refractivity contribution in [3.63, 3.8) is 0 Å². The van der Waals surface area contributed by atoms with Gasteiger partial charge in [-0.15, -0.1) is 0 Å². The molecule has 2 amide bonds. The van der Waals surface area contributed by atoms with Crippen LogP contribution in [0.25, 0.3) is 0 Å². The summed E-state index contributed by atoms with van der Waals surface area (Å²) in [5, 5.41) is 3.12. The van der Waals surface area contributed by atoms with E-state index in [1.807, 2.05) is 31.2 Å². The van der Waals surface area contributed by atoms with Crippen LogP contribution in [-0.4, -0.2) is 58.0 Å². The van der Waals surface area contributed by atoms with E-state index in [0.717, 1.165) is 52.0 Å². The number of ether oxygens (including phenoxy) is 2. The molecule has 0 aliphatic heterocycles. The number of hydrogen-bond donors (Lipinski definition) is 1. The van der Waals surface area contributed by atoms with Crippen LogP contribution in [0.15, 0.2) is 76.1 Å². The third-order valence-corrected chi connectivity index (χ3v) is 10.2. The van der Waals surface area contributed by atoms with Gasteiger partial charge in [0.15, 0.2) is 0 Å². The molecule has 1 fully saturated rings. The molecular formula is C33H40BrN3O6S. The van der Waals surface area contributed by atoms with Crippen LogP contribution in [0, 0.1) is 6.92 Å². The summed E-state index contributed by atoms with van der Waals surface area (Å²) in [7, 11) is -1.35. The average Bonchev–Trinajstić information content (AvgIpc) is 3.03. The van der Waals surface area contributed by atoms with E-state index in [2.05, 4.69) is 21.2 Å². The largest absolute Gasteiger partial charge is 0.497 e. The number of carbonyl (C=O) groups is 2. The molecule has 0 aromatic heterocycles. The van der Waals surface area contributed by atoms with Gasteiger partial charge in [0.05, 0.1) is 24.8 Å². The minimum absolute atomic E-state index is 0.0170. The molecule has 1 N–H and O–H groups in total. The molecule has 236 valence electrons. The highest BCUT2D eigenvalue weighted by molar-refractivity contribution is 9.10. The summed E-state index contributed by atoms with van der Waals surface area (Å²) in [5.74, 6) is -0.171. The van der Waals surface area contributed by atoms with E-state index in [4.69, 9.17) is 9.47 Å². The first kappa shape index (κ1) is 33.3. The van der Waals surface area contributed by atoms with E-state index < -0.39 is 28.5 Å². The lowest BCUT2D eigenvalue weighted by atomic mass is 9.95. The van der Waals surface area contributed by atoms with Crippen molar-refractivity contribution in [1.29, 1.82) is 0 Å². The van der Waals surface area contributed by atoms with Crippen molar-refractivity contribution in [2.75, 3.05) is 25.1 Å². The van der Waals surface area contributed by atoms with Gasteiger partial charge in [-0.1, -0.05) is 65.0 Å². The van der Waals surface area contributed by atoms with E-state index >= 15 is 0 Å². The summed E-state index contributed by atoms with van der Waals surface area (Å²) in [4.78, 5) is 29.2. The molecule has 1 saturated carbocycles. The number of nitrogens with zero attached hydrogens (tertiary/aromatic N) is 2. The molecule has 1 atom stereocenters. The van der Waals surface area contributed by atoms with Crippen LogP contribution < -0.4 is 19.1 Å². The fraction of sp³-hybridized carbons (Fsp3) is 0.394. The molecule has 9 nitrogen and oxygen atoms in total. The van der Waals surface area contributed by atoms with Crippen molar-refractivity contribution in [3.05, 3.63) is 82.3 Å². The Bertz CT molecular complexity index is 1540.